The number of hydrogen-bond acceptors (Lipinski definition) is 1. The maximum atomic E-state index is 13.1. The van der Waals surface area contributed by atoms with Crippen LogP contribution in [0.3, 0.4) is 0 Å². The summed E-state index contributed by atoms with van der Waals surface area (Å²) < 4.78 is 13.1. The Morgan fingerprint density at radius 2 is 1.91 bits per heavy atom. The Balaban J connectivity index is 3.01. The van der Waals surface area contributed by atoms with Crippen molar-refractivity contribution in [3.05, 3.63) is 53.4 Å². The molecule has 0 aliphatic carbocycles. The van der Waals surface area contributed by atoms with Crippen LogP contribution in [0.1, 0.15) is 52.0 Å². The molecule has 0 radical (unpaired) electrons. The number of carboxylic acids is 1. The molecule has 0 aliphatic rings. The number of carbonyl (C=O) groups is 1. The molecule has 1 rings (SSSR count). The molecule has 0 amide bonds. The zero-order valence-corrected chi connectivity index (χ0v) is 13.6. The Morgan fingerprint density at radius 3 is 2.41 bits per heavy atom. The smallest absolute Gasteiger partial charge is 0.303 e. The second kappa shape index (κ2) is 9.19. The van der Waals surface area contributed by atoms with Crippen molar-refractivity contribution in [2.24, 2.45) is 5.92 Å². The third-order valence-corrected chi connectivity index (χ3v) is 3.77. The fourth-order valence-electron chi connectivity index (χ4n) is 2.44. The fourth-order valence-corrected chi connectivity index (χ4v) is 2.44. The molecular formula is C19H25FO2. The molecule has 22 heavy (non-hydrogen) atoms. The molecule has 0 bridgehead atoms. The second-order valence-electron chi connectivity index (χ2n) is 5.48. The second-order valence-corrected chi connectivity index (χ2v) is 5.48. The minimum absolute atomic E-state index is 0.182. The van der Waals surface area contributed by atoms with Gasteiger partial charge in [0.05, 0.1) is 0 Å². The number of rotatable bonds is 8. The van der Waals surface area contributed by atoms with Gasteiger partial charge in [0.15, 0.2) is 0 Å². The summed E-state index contributed by atoms with van der Waals surface area (Å²) in [6, 6.07) is 6.49. The van der Waals surface area contributed by atoms with E-state index in [9.17, 15) is 9.18 Å². The van der Waals surface area contributed by atoms with Gasteiger partial charge >= 0.3 is 5.97 Å². The van der Waals surface area contributed by atoms with E-state index in [-0.39, 0.29) is 18.2 Å². The van der Waals surface area contributed by atoms with Gasteiger partial charge in [-0.15, -0.1) is 0 Å². The summed E-state index contributed by atoms with van der Waals surface area (Å²) in [5, 5.41) is 8.82. The third kappa shape index (κ3) is 5.84. The van der Waals surface area contributed by atoms with Crippen LogP contribution in [0.4, 0.5) is 4.39 Å². The number of carboxylic acid groups (broad SMARTS) is 1. The molecule has 1 atom stereocenters. The van der Waals surface area contributed by atoms with Gasteiger partial charge in [-0.3, -0.25) is 4.79 Å². The first kappa shape index (κ1) is 18.1. The van der Waals surface area contributed by atoms with E-state index in [0.717, 1.165) is 24.0 Å². The molecule has 1 unspecified atom stereocenters. The van der Waals surface area contributed by atoms with Crippen molar-refractivity contribution in [1.29, 1.82) is 0 Å². The predicted molar refractivity (Wildman–Crippen MR) is 89.1 cm³/mol. The maximum absolute atomic E-state index is 13.1. The molecule has 0 saturated heterocycles. The lowest BCUT2D eigenvalue weighted by molar-refractivity contribution is -0.137. The van der Waals surface area contributed by atoms with Gasteiger partial charge in [-0.1, -0.05) is 50.6 Å². The first-order valence-corrected chi connectivity index (χ1v) is 7.86. The first-order chi connectivity index (χ1) is 10.5. The number of halogens is 1. The molecule has 2 nitrogen and oxygen atoms in total. The van der Waals surface area contributed by atoms with E-state index in [2.05, 4.69) is 32.9 Å². The summed E-state index contributed by atoms with van der Waals surface area (Å²) in [5.74, 6) is -0.777. The summed E-state index contributed by atoms with van der Waals surface area (Å²) in [4.78, 5) is 10.7. The van der Waals surface area contributed by atoms with Crippen LogP contribution in [0.5, 0.6) is 0 Å². The number of benzene rings is 1. The highest BCUT2D eigenvalue weighted by atomic mass is 19.1. The van der Waals surface area contributed by atoms with E-state index in [1.54, 1.807) is 12.1 Å². The van der Waals surface area contributed by atoms with Crippen molar-refractivity contribution in [2.75, 3.05) is 0 Å². The summed E-state index contributed by atoms with van der Waals surface area (Å²) in [6.45, 7) is 6.21. The van der Waals surface area contributed by atoms with Crippen molar-refractivity contribution >= 4 is 11.5 Å². The monoisotopic (exact) mass is 304 g/mol. The van der Waals surface area contributed by atoms with Gasteiger partial charge in [-0.25, -0.2) is 4.39 Å². The molecule has 0 saturated carbocycles. The average molecular weight is 304 g/mol. The van der Waals surface area contributed by atoms with Gasteiger partial charge < -0.3 is 5.11 Å². The Bertz CT molecular complexity index is 541. The minimum atomic E-state index is -0.759. The van der Waals surface area contributed by atoms with E-state index in [1.165, 1.54) is 17.7 Å². The summed E-state index contributed by atoms with van der Waals surface area (Å²) in [5.41, 5.74) is 3.28. The van der Waals surface area contributed by atoms with Crippen LogP contribution < -0.4 is 0 Å². The molecule has 1 aromatic rings. The highest BCUT2D eigenvalue weighted by molar-refractivity contribution is 5.74. The Morgan fingerprint density at radius 1 is 1.27 bits per heavy atom. The van der Waals surface area contributed by atoms with Crippen molar-refractivity contribution in [2.45, 2.75) is 46.5 Å². The van der Waals surface area contributed by atoms with Gasteiger partial charge in [0.1, 0.15) is 5.82 Å². The SMILES string of the molecule is CCC=C(C=C(CC)C(C)CCC(=O)O)c1ccc(F)cc1. The fraction of sp³-hybridized carbons (Fsp3) is 0.421. The van der Waals surface area contributed by atoms with Crippen molar-refractivity contribution in [3.8, 4) is 0 Å². The maximum Gasteiger partial charge on any atom is 0.303 e. The minimum Gasteiger partial charge on any atom is -0.481 e. The third-order valence-electron chi connectivity index (χ3n) is 3.77. The van der Waals surface area contributed by atoms with Gasteiger partial charge in [-0.05, 0) is 48.4 Å². The lowest BCUT2D eigenvalue weighted by atomic mass is 9.90. The first-order valence-electron chi connectivity index (χ1n) is 7.86. The van der Waals surface area contributed by atoms with Gasteiger partial charge in [-0.2, -0.15) is 0 Å². The van der Waals surface area contributed by atoms with E-state index < -0.39 is 5.97 Å². The topological polar surface area (TPSA) is 37.3 Å². The Hall–Kier alpha value is -1.90. The summed E-state index contributed by atoms with van der Waals surface area (Å²) in [7, 11) is 0. The van der Waals surface area contributed by atoms with Crippen LogP contribution in [0, 0.1) is 11.7 Å². The quantitative estimate of drug-likeness (QED) is 0.648. The number of hydrogen-bond donors (Lipinski definition) is 1. The lowest BCUT2D eigenvalue weighted by Gasteiger charge is -2.15. The standard InChI is InChI=1S/C19H25FO2/c1-4-6-17(16-8-10-18(20)11-9-16)13-15(5-2)14(3)7-12-19(21)22/h6,8-11,13-14H,4-5,7,12H2,1-3H3,(H,21,22). The van der Waals surface area contributed by atoms with E-state index in [0.29, 0.717) is 6.42 Å². The highest BCUT2D eigenvalue weighted by Crippen LogP contribution is 2.26. The normalized spacial score (nSPS) is 14.0. The largest absolute Gasteiger partial charge is 0.481 e. The van der Waals surface area contributed by atoms with E-state index >= 15 is 0 Å². The van der Waals surface area contributed by atoms with Gasteiger partial charge in [0, 0.05) is 6.42 Å². The molecule has 1 aromatic carbocycles. The molecule has 0 aromatic heterocycles. The van der Waals surface area contributed by atoms with Crippen molar-refractivity contribution in [3.63, 3.8) is 0 Å². The van der Waals surface area contributed by atoms with Crippen LogP contribution in [0.2, 0.25) is 0 Å². The van der Waals surface area contributed by atoms with Crippen LogP contribution in [0.15, 0.2) is 42.0 Å². The molecule has 1 N–H and O–H groups in total. The molecule has 0 aliphatic heterocycles. The van der Waals surface area contributed by atoms with E-state index in [1.807, 2.05) is 0 Å². The summed E-state index contributed by atoms with van der Waals surface area (Å²) >= 11 is 0. The molecule has 0 spiro atoms. The lowest BCUT2D eigenvalue weighted by Crippen LogP contribution is -2.04. The van der Waals surface area contributed by atoms with Crippen molar-refractivity contribution in [1.82, 2.24) is 0 Å². The van der Waals surface area contributed by atoms with Crippen molar-refractivity contribution < 1.29 is 14.3 Å². The van der Waals surface area contributed by atoms with Gasteiger partial charge in [0.2, 0.25) is 0 Å². The number of aliphatic carboxylic acids is 1. The molecule has 3 heteroatoms. The number of allylic oxidation sites excluding steroid dienone is 4. The van der Waals surface area contributed by atoms with Crippen LogP contribution >= 0.6 is 0 Å². The van der Waals surface area contributed by atoms with Crippen LogP contribution in [-0.2, 0) is 4.79 Å². The zero-order chi connectivity index (χ0) is 16.5. The highest BCUT2D eigenvalue weighted by Gasteiger charge is 2.11. The van der Waals surface area contributed by atoms with Crippen LogP contribution in [-0.4, -0.2) is 11.1 Å². The zero-order valence-electron chi connectivity index (χ0n) is 13.6. The predicted octanol–water partition coefficient (Wildman–Crippen LogP) is 5.46. The summed E-state index contributed by atoms with van der Waals surface area (Å²) in [6.07, 6.45) is 6.84. The van der Waals surface area contributed by atoms with E-state index in [4.69, 9.17) is 5.11 Å². The Kier molecular flexibility index (Phi) is 7.58. The molecule has 0 fully saturated rings. The molecule has 0 heterocycles. The molecular weight excluding hydrogens is 279 g/mol. The van der Waals surface area contributed by atoms with Gasteiger partial charge in [0.25, 0.3) is 0 Å². The Labute approximate surface area is 132 Å². The van der Waals surface area contributed by atoms with Crippen LogP contribution in [0.25, 0.3) is 5.57 Å². The molecule has 120 valence electrons. The average Bonchev–Trinajstić information content (AvgIpc) is 2.50.